The third kappa shape index (κ3) is 4.57. The van der Waals surface area contributed by atoms with Crippen LogP contribution in [-0.2, 0) is 0 Å². The second-order valence-electron chi connectivity index (χ2n) is 1.41. The lowest BCUT2D eigenvalue weighted by atomic mass is 10.4. The van der Waals surface area contributed by atoms with E-state index in [1.165, 1.54) is 11.4 Å². The number of rotatable bonds is 3. The van der Waals surface area contributed by atoms with Crippen molar-refractivity contribution in [1.29, 1.82) is 0 Å². The van der Waals surface area contributed by atoms with Gasteiger partial charge in [-0.15, -0.1) is 11.4 Å². The molecule has 0 nitrogen and oxygen atoms in total. The van der Waals surface area contributed by atoms with Crippen LogP contribution in [0.3, 0.4) is 0 Å². The van der Waals surface area contributed by atoms with Gasteiger partial charge in [0.2, 0.25) is 0 Å². The van der Waals surface area contributed by atoms with E-state index in [0.717, 1.165) is 6.42 Å². The Morgan fingerprint density at radius 2 is 2.43 bits per heavy atom. The van der Waals surface area contributed by atoms with Crippen LogP contribution in [0.25, 0.3) is 0 Å². The van der Waals surface area contributed by atoms with Crippen molar-refractivity contribution in [2.75, 3.05) is 0 Å². The van der Waals surface area contributed by atoms with Crippen LogP contribution in [0.2, 0.25) is 0 Å². The highest BCUT2D eigenvalue weighted by atomic mass is 32.7. The molecule has 0 aromatic carbocycles. The smallest absolute Gasteiger partial charge is 0.127 e. The molecule has 0 aromatic heterocycles. The minimum atomic E-state index is -0.438. The largest absolute Gasteiger partial charge is 0.218 e. The lowest BCUT2D eigenvalue weighted by Gasteiger charge is -2.00. The molecular formula is C4H10FPS. The summed E-state index contributed by atoms with van der Waals surface area (Å²) in [7, 11) is -0.438. The zero-order chi connectivity index (χ0) is 5.70. The van der Waals surface area contributed by atoms with Crippen molar-refractivity contribution in [2.45, 2.75) is 25.5 Å². The standard InChI is InChI=1S/C4H10FPS/c1-3-4(2)7-6-5/h4,6H,3H2,1-2H3. The molecule has 2 unspecified atom stereocenters. The summed E-state index contributed by atoms with van der Waals surface area (Å²) >= 11 is 1.39. The highest BCUT2D eigenvalue weighted by Crippen LogP contribution is 2.35. The summed E-state index contributed by atoms with van der Waals surface area (Å²) in [5.41, 5.74) is 0. The first-order chi connectivity index (χ1) is 3.31. The highest BCUT2D eigenvalue weighted by Gasteiger charge is 1.95. The molecule has 0 aliphatic carbocycles. The quantitative estimate of drug-likeness (QED) is 0.543. The molecule has 0 spiro atoms. The molecule has 0 fully saturated rings. The Kier molecular flexibility index (Phi) is 5.35. The van der Waals surface area contributed by atoms with Crippen LogP contribution in [-0.4, -0.2) is 5.25 Å². The summed E-state index contributed by atoms with van der Waals surface area (Å²) in [6.07, 6.45) is 1.07. The fourth-order valence-electron chi connectivity index (χ4n) is 0.159. The predicted molar refractivity (Wildman–Crippen MR) is 36.8 cm³/mol. The molecule has 0 aliphatic rings. The van der Waals surface area contributed by atoms with E-state index in [0.29, 0.717) is 5.25 Å². The summed E-state index contributed by atoms with van der Waals surface area (Å²) in [6.45, 7) is 4.11. The Morgan fingerprint density at radius 1 is 1.86 bits per heavy atom. The maximum atomic E-state index is 11.4. The van der Waals surface area contributed by atoms with Crippen LogP contribution in [0.15, 0.2) is 0 Å². The molecule has 0 rings (SSSR count). The van der Waals surface area contributed by atoms with Gasteiger partial charge in [-0.05, 0) is 6.42 Å². The first kappa shape index (κ1) is 7.71. The first-order valence-electron chi connectivity index (χ1n) is 2.32. The van der Waals surface area contributed by atoms with Crippen LogP contribution < -0.4 is 0 Å². The average molecular weight is 140 g/mol. The minimum absolute atomic E-state index is 0.438. The Balaban J connectivity index is 2.83. The normalized spacial score (nSPS) is 15.9. The van der Waals surface area contributed by atoms with E-state index in [1.807, 2.05) is 6.92 Å². The second kappa shape index (κ2) is 4.86. The monoisotopic (exact) mass is 140 g/mol. The van der Waals surface area contributed by atoms with Gasteiger partial charge in [-0.1, -0.05) is 13.8 Å². The van der Waals surface area contributed by atoms with E-state index in [4.69, 9.17) is 0 Å². The van der Waals surface area contributed by atoms with E-state index in [1.54, 1.807) is 0 Å². The summed E-state index contributed by atoms with van der Waals surface area (Å²) in [5.74, 6) is 0. The molecule has 0 aromatic rings. The molecule has 0 saturated heterocycles. The third-order valence-electron chi connectivity index (χ3n) is 0.821. The lowest BCUT2D eigenvalue weighted by Crippen LogP contribution is -1.86. The van der Waals surface area contributed by atoms with Crippen LogP contribution in [0.5, 0.6) is 0 Å². The van der Waals surface area contributed by atoms with Crippen molar-refractivity contribution in [2.24, 2.45) is 0 Å². The van der Waals surface area contributed by atoms with Gasteiger partial charge < -0.3 is 0 Å². The topological polar surface area (TPSA) is 0 Å². The van der Waals surface area contributed by atoms with E-state index in [9.17, 15) is 4.20 Å². The van der Waals surface area contributed by atoms with Crippen molar-refractivity contribution in [1.82, 2.24) is 0 Å². The van der Waals surface area contributed by atoms with Gasteiger partial charge in [-0.25, -0.2) is 4.20 Å². The third-order valence-corrected chi connectivity index (χ3v) is 3.12. The van der Waals surface area contributed by atoms with Crippen LogP contribution in [0, 0.1) is 0 Å². The van der Waals surface area contributed by atoms with E-state index in [-0.39, 0.29) is 0 Å². The number of halogens is 1. The van der Waals surface area contributed by atoms with Crippen LogP contribution >= 0.6 is 19.5 Å². The summed E-state index contributed by atoms with van der Waals surface area (Å²) in [6, 6.07) is 0. The van der Waals surface area contributed by atoms with E-state index >= 15 is 0 Å². The summed E-state index contributed by atoms with van der Waals surface area (Å²) in [5, 5.41) is 0.503. The predicted octanol–water partition coefficient (Wildman–Crippen LogP) is 3.00. The van der Waals surface area contributed by atoms with E-state index in [2.05, 4.69) is 6.92 Å². The van der Waals surface area contributed by atoms with Crippen molar-refractivity contribution in [3.05, 3.63) is 0 Å². The molecule has 0 amide bonds. The molecule has 7 heavy (non-hydrogen) atoms. The molecule has 0 N–H and O–H groups in total. The molecule has 3 heteroatoms. The minimum Gasteiger partial charge on any atom is -0.218 e. The Morgan fingerprint density at radius 3 is 2.57 bits per heavy atom. The molecule has 44 valence electrons. The Hall–Kier alpha value is 0.710. The van der Waals surface area contributed by atoms with Gasteiger partial charge in [0, 0.05) is 5.25 Å². The van der Waals surface area contributed by atoms with Gasteiger partial charge in [0.05, 0.1) is 0 Å². The molecule has 2 atom stereocenters. The van der Waals surface area contributed by atoms with Gasteiger partial charge in [-0.3, -0.25) is 0 Å². The van der Waals surface area contributed by atoms with Crippen molar-refractivity contribution in [3.8, 4) is 0 Å². The second-order valence-corrected chi connectivity index (χ2v) is 3.78. The zero-order valence-corrected chi connectivity index (χ0v) is 6.39. The van der Waals surface area contributed by atoms with Crippen molar-refractivity contribution in [3.63, 3.8) is 0 Å². The van der Waals surface area contributed by atoms with Crippen LogP contribution in [0.4, 0.5) is 4.20 Å². The molecule has 0 heterocycles. The SMILES string of the molecule is CCC(C)SPF. The first-order valence-corrected chi connectivity index (χ1v) is 4.80. The number of hydrogen-bond donors (Lipinski definition) is 0. The molecule has 0 radical (unpaired) electrons. The van der Waals surface area contributed by atoms with Gasteiger partial charge in [0.25, 0.3) is 0 Å². The number of hydrogen-bond acceptors (Lipinski definition) is 1. The van der Waals surface area contributed by atoms with Gasteiger partial charge >= 0.3 is 0 Å². The molecule has 0 bridgehead atoms. The highest BCUT2D eigenvalue weighted by molar-refractivity contribution is 8.48. The molecule has 0 aliphatic heterocycles. The molecule has 0 saturated carbocycles. The summed E-state index contributed by atoms with van der Waals surface area (Å²) < 4.78 is 11.4. The lowest BCUT2D eigenvalue weighted by molar-refractivity contribution is 0.905. The van der Waals surface area contributed by atoms with E-state index < -0.39 is 8.09 Å². The Labute approximate surface area is 49.9 Å². The zero-order valence-electron chi connectivity index (χ0n) is 4.57. The van der Waals surface area contributed by atoms with Gasteiger partial charge in [0.1, 0.15) is 8.09 Å². The fourth-order valence-corrected chi connectivity index (χ4v) is 1.43. The van der Waals surface area contributed by atoms with Crippen molar-refractivity contribution < 1.29 is 4.20 Å². The maximum Gasteiger partial charge on any atom is 0.127 e. The van der Waals surface area contributed by atoms with Gasteiger partial charge in [0.15, 0.2) is 0 Å². The summed E-state index contributed by atoms with van der Waals surface area (Å²) in [4.78, 5) is 0. The molecular weight excluding hydrogens is 130 g/mol. The maximum absolute atomic E-state index is 11.4. The van der Waals surface area contributed by atoms with Gasteiger partial charge in [-0.2, -0.15) is 0 Å². The fraction of sp³-hybridized carbons (Fsp3) is 1.00. The van der Waals surface area contributed by atoms with Crippen molar-refractivity contribution >= 4 is 19.5 Å². The average Bonchev–Trinajstić information content (AvgIpc) is 1.68. The Bertz CT molecular complexity index is 42.7. The van der Waals surface area contributed by atoms with Crippen LogP contribution in [0.1, 0.15) is 20.3 Å².